The minimum atomic E-state index is -0.572. The highest BCUT2D eigenvalue weighted by Crippen LogP contribution is 2.21. The van der Waals surface area contributed by atoms with Crippen LogP contribution in [0.5, 0.6) is 0 Å². The molecule has 1 aromatic carbocycles. The van der Waals surface area contributed by atoms with E-state index >= 15 is 0 Å². The first kappa shape index (κ1) is 12.9. The molecule has 4 N–H and O–H groups in total. The van der Waals surface area contributed by atoms with E-state index in [1.165, 1.54) is 0 Å². The van der Waals surface area contributed by atoms with Crippen molar-refractivity contribution in [2.45, 2.75) is 13.0 Å². The lowest BCUT2D eigenvalue weighted by Crippen LogP contribution is -2.19. The highest BCUT2D eigenvalue weighted by molar-refractivity contribution is 5.88. The van der Waals surface area contributed by atoms with Gasteiger partial charge in [0.25, 0.3) is 0 Å². The SMILES string of the molecule is CC(Nc1cccc(NC(N)=O)c1)c1ccnn1C. The number of benzene rings is 1. The number of amides is 2. The van der Waals surface area contributed by atoms with Crippen LogP contribution < -0.4 is 16.4 Å². The van der Waals surface area contributed by atoms with Gasteiger partial charge in [-0.2, -0.15) is 5.10 Å². The summed E-state index contributed by atoms with van der Waals surface area (Å²) in [4.78, 5) is 10.8. The van der Waals surface area contributed by atoms with Gasteiger partial charge < -0.3 is 16.4 Å². The molecule has 100 valence electrons. The summed E-state index contributed by atoms with van der Waals surface area (Å²) in [6, 6.07) is 8.89. The van der Waals surface area contributed by atoms with E-state index in [4.69, 9.17) is 5.73 Å². The van der Waals surface area contributed by atoms with Gasteiger partial charge in [0.2, 0.25) is 0 Å². The molecule has 2 aromatic rings. The number of carbonyl (C=O) groups excluding carboxylic acids is 1. The lowest BCUT2D eigenvalue weighted by molar-refractivity contribution is 0.259. The Morgan fingerprint density at radius 3 is 2.74 bits per heavy atom. The molecule has 0 bridgehead atoms. The summed E-state index contributed by atoms with van der Waals surface area (Å²) in [6.07, 6.45) is 1.76. The summed E-state index contributed by atoms with van der Waals surface area (Å²) in [5.74, 6) is 0. The first-order valence-corrected chi connectivity index (χ1v) is 5.97. The fourth-order valence-corrected chi connectivity index (χ4v) is 1.96. The van der Waals surface area contributed by atoms with Gasteiger partial charge in [0.15, 0.2) is 0 Å². The van der Waals surface area contributed by atoms with Crippen LogP contribution in [-0.2, 0) is 7.05 Å². The molecule has 19 heavy (non-hydrogen) atoms. The molecule has 0 spiro atoms. The zero-order valence-electron chi connectivity index (χ0n) is 10.9. The van der Waals surface area contributed by atoms with Gasteiger partial charge in [-0.05, 0) is 31.2 Å². The largest absolute Gasteiger partial charge is 0.377 e. The van der Waals surface area contributed by atoms with Gasteiger partial charge in [-0.1, -0.05) is 6.07 Å². The summed E-state index contributed by atoms with van der Waals surface area (Å²) in [7, 11) is 1.90. The van der Waals surface area contributed by atoms with E-state index in [1.807, 2.05) is 42.9 Å². The van der Waals surface area contributed by atoms with E-state index < -0.39 is 6.03 Å². The smallest absolute Gasteiger partial charge is 0.316 e. The lowest BCUT2D eigenvalue weighted by Gasteiger charge is -2.16. The van der Waals surface area contributed by atoms with Crippen LogP contribution in [0.2, 0.25) is 0 Å². The van der Waals surface area contributed by atoms with Crippen molar-refractivity contribution in [1.29, 1.82) is 0 Å². The molecule has 0 aliphatic carbocycles. The molecule has 1 atom stereocenters. The van der Waals surface area contributed by atoms with E-state index in [-0.39, 0.29) is 6.04 Å². The Labute approximate surface area is 111 Å². The number of nitrogens with one attached hydrogen (secondary N) is 2. The summed E-state index contributed by atoms with van der Waals surface area (Å²) >= 11 is 0. The Balaban J connectivity index is 2.11. The third kappa shape index (κ3) is 3.25. The van der Waals surface area contributed by atoms with Gasteiger partial charge in [-0.3, -0.25) is 4.68 Å². The number of hydrogen-bond donors (Lipinski definition) is 3. The van der Waals surface area contributed by atoms with E-state index in [9.17, 15) is 4.79 Å². The molecule has 0 aliphatic rings. The Morgan fingerprint density at radius 1 is 1.37 bits per heavy atom. The molecule has 0 aliphatic heterocycles. The van der Waals surface area contributed by atoms with Crippen molar-refractivity contribution >= 4 is 17.4 Å². The maximum atomic E-state index is 10.8. The van der Waals surface area contributed by atoms with Crippen molar-refractivity contribution in [1.82, 2.24) is 9.78 Å². The minimum Gasteiger partial charge on any atom is -0.377 e. The predicted octanol–water partition coefficient (Wildman–Crippen LogP) is 2.08. The summed E-state index contributed by atoms with van der Waals surface area (Å²) in [5, 5.41) is 10.0. The van der Waals surface area contributed by atoms with Crippen molar-refractivity contribution in [2.75, 3.05) is 10.6 Å². The standard InChI is InChI=1S/C13H17N5O/c1-9(12-6-7-15-18(12)2)16-10-4-3-5-11(8-10)17-13(14)19/h3-9,16H,1-2H3,(H3,14,17,19). The molecule has 0 saturated carbocycles. The molecular formula is C13H17N5O. The number of rotatable bonds is 4. The Kier molecular flexibility index (Phi) is 3.70. The molecule has 0 saturated heterocycles. The van der Waals surface area contributed by atoms with E-state index in [2.05, 4.69) is 15.7 Å². The number of aromatic nitrogens is 2. The number of hydrogen-bond acceptors (Lipinski definition) is 3. The van der Waals surface area contributed by atoms with Crippen molar-refractivity contribution in [3.63, 3.8) is 0 Å². The summed E-state index contributed by atoms with van der Waals surface area (Å²) in [6.45, 7) is 2.05. The number of carbonyl (C=O) groups is 1. The monoisotopic (exact) mass is 259 g/mol. The van der Waals surface area contributed by atoms with Crippen LogP contribution in [0.4, 0.5) is 16.2 Å². The first-order chi connectivity index (χ1) is 9.06. The molecule has 0 fully saturated rings. The first-order valence-electron chi connectivity index (χ1n) is 5.97. The Morgan fingerprint density at radius 2 is 2.11 bits per heavy atom. The van der Waals surface area contributed by atoms with Crippen LogP contribution in [0, 0.1) is 0 Å². The van der Waals surface area contributed by atoms with Gasteiger partial charge in [0.05, 0.1) is 11.7 Å². The fraction of sp³-hybridized carbons (Fsp3) is 0.231. The average molecular weight is 259 g/mol. The summed E-state index contributed by atoms with van der Waals surface area (Å²) < 4.78 is 1.82. The van der Waals surface area contributed by atoms with Gasteiger partial charge in [0.1, 0.15) is 0 Å². The van der Waals surface area contributed by atoms with E-state index in [1.54, 1.807) is 12.3 Å². The van der Waals surface area contributed by atoms with Crippen LogP contribution in [-0.4, -0.2) is 15.8 Å². The van der Waals surface area contributed by atoms with Gasteiger partial charge in [0, 0.05) is 24.6 Å². The number of aryl methyl sites for hydroxylation is 1. The second kappa shape index (κ2) is 5.43. The van der Waals surface area contributed by atoms with Gasteiger partial charge in [-0.25, -0.2) is 4.79 Å². The molecule has 2 rings (SSSR count). The topological polar surface area (TPSA) is 85.0 Å². The fourth-order valence-electron chi connectivity index (χ4n) is 1.96. The molecule has 0 radical (unpaired) electrons. The van der Waals surface area contributed by atoms with E-state index in [0.717, 1.165) is 11.4 Å². The minimum absolute atomic E-state index is 0.108. The Bertz CT molecular complexity index is 578. The third-order valence-electron chi connectivity index (χ3n) is 2.82. The van der Waals surface area contributed by atoms with Crippen LogP contribution in [0.15, 0.2) is 36.5 Å². The molecule has 6 heteroatoms. The van der Waals surface area contributed by atoms with Crippen LogP contribution >= 0.6 is 0 Å². The average Bonchev–Trinajstić information content (AvgIpc) is 2.75. The van der Waals surface area contributed by atoms with Crippen molar-refractivity contribution in [3.05, 3.63) is 42.2 Å². The van der Waals surface area contributed by atoms with Crippen LogP contribution in [0.3, 0.4) is 0 Å². The molecule has 6 nitrogen and oxygen atoms in total. The number of urea groups is 1. The van der Waals surface area contributed by atoms with Gasteiger partial charge in [-0.15, -0.1) is 0 Å². The van der Waals surface area contributed by atoms with Crippen molar-refractivity contribution in [3.8, 4) is 0 Å². The second-order valence-corrected chi connectivity index (χ2v) is 4.32. The second-order valence-electron chi connectivity index (χ2n) is 4.32. The maximum Gasteiger partial charge on any atom is 0.316 e. The lowest BCUT2D eigenvalue weighted by atomic mass is 10.2. The quantitative estimate of drug-likeness (QED) is 0.785. The molecule has 1 unspecified atom stereocenters. The summed E-state index contributed by atoms with van der Waals surface area (Å²) in [5.41, 5.74) is 7.73. The Hall–Kier alpha value is -2.50. The molecule has 1 aromatic heterocycles. The number of nitrogens with two attached hydrogens (primary N) is 1. The number of primary amides is 1. The maximum absolute atomic E-state index is 10.8. The molecule has 2 amide bonds. The predicted molar refractivity (Wildman–Crippen MR) is 74.9 cm³/mol. The highest BCUT2D eigenvalue weighted by atomic mass is 16.2. The zero-order valence-corrected chi connectivity index (χ0v) is 10.9. The van der Waals surface area contributed by atoms with Crippen LogP contribution in [0.1, 0.15) is 18.7 Å². The number of anilines is 2. The van der Waals surface area contributed by atoms with Crippen molar-refractivity contribution < 1.29 is 4.79 Å². The highest BCUT2D eigenvalue weighted by Gasteiger charge is 2.09. The number of nitrogens with zero attached hydrogens (tertiary/aromatic N) is 2. The molecular weight excluding hydrogens is 242 g/mol. The van der Waals surface area contributed by atoms with E-state index in [0.29, 0.717) is 5.69 Å². The normalized spacial score (nSPS) is 11.9. The third-order valence-corrected chi connectivity index (χ3v) is 2.82. The molecule has 1 heterocycles. The van der Waals surface area contributed by atoms with Crippen molar-refractivity contribution in [2.24, 2.45) is 12.8 Å². The van der Waals surface area contributed by atoms with Gasteiger partial charge >= 0.3 is 6.03 Å². The zero-order chi connectivity index (χ0) is 13.8. The van der Waals surface area contributed by atoms with Crippen LogP contribution in [0.25, 0.3) is 0 Å².